The first-order valence-electron chi connectivity index (χ1n) is 8.14. The SMILES string of the molecule is COCCOCCOCCC(C)CCCc1ccc(O)cc1. The molecule has 0 amide bonds. The third kappa shape index (κ3) is 9.77. The fourth-order valence-electron chi connectivity index (χ4n) is 2.21. The number of ether oxygens (including phenoxy) is 3. The van der Waals surface area contributed by atoms with Gasteiger partial charge < -0.3 is 19.3 Å². The number of phenols is 1. The summed E-state index contributed by atoms with van der Waals surface area (Å²) in [5.74, 6) is 1.01. The highest BCUT2D eigenvalue weighted by Gasteiger charge is 2.03. The first-order valence-corrected chi connectivity index (χ1v) is 8.14. The highest BCUT2D eigenvalue weighted by molar-refractivity contribution is 5.25. The summed E-state index contributed by atoms with van der Waals surface area (Å²) in [5.41, 5.74) is 1.29. The molecule has 0 heterocycles. The summed E-state index contributed by atoms with van der Waals surface area (Å²) in [5, 5.41) is 9.24. The van der Waals surface area contributed by atoms with Gasteiger partial charge in [0.15, 0.2) is 0 Å². The van der Waals surface area contributed by atoms with Gasteiger partial charge in [-0.1, -0.05) is 25.5 Å². The van der Waals surface area contributed by atoms with Gasteiger partial charge in [-0.15, -0.1) is 0 Å². The lowest BCUT2D eigenvalue weighted by molar-refractivity contribution is 0.0220. The van der Waals surface area contributed by atoms with E-state index >= 15 is 0 Å². The van der Waals surface area contributed by atoms with Crippen molar-refractivity contribution in [3.63, 3.8) is 0 Å². The number of rotatable bonds is 13. The lowest BCUT2D eigenvalue weighted by Crippen LogP contribution is -2.10. The van der Waals surface area contributed by atoms with Gasteiger partial charge in [0.25, 0.3) is 0 Å². The van der Waals surface area contributed by atoms with Crippen LogP contribution in [0.5, 0.6) is 5.75 Å². The van der Waals surface area contributed by atoms with E-state index in [2.05, 4.69) is 6.92 Å². The van der Waals surface area contributed by atoms with Crippen molar-refractivity contribution in [2.45, 2.75) is 32.6 Å². The van der Waals surface area contributed by atoms with Gasteiger partial charge in [-0.05, 0) is 42.9 Å². The molecular weight excluding hydrogens is 280 g/mol. The molecule has 0 aliphatic carbocycles. The van der Waals surface area contributed by atoms with Gasteiger partial charge >= 0.3 is 0 Å². The molecule has 0 fully saturated rings. The van der Waals surface area contributed by atoms with Crippen LogP contribution in [0, 0.1) is 5.92 Å². The van der Waals surface area contributed by atoms with Crippen molar-refractivity contribution in [3.05, 3.63) is 29.8 Å². The van der Waals surface area contributed by atoms with Crippen LogP contribution in [-0.2, 0) is 20.6 Å². The second kappa shape index (κ2) is 12.4. The average Bonchev–Trinajstić information content (AvgIpc) is 2.52. The van der Waals surface area contributed by atoms with Crippen LogP contribution in [-0.4, -0.2) is 45.3 Å². The number of phenolic OH excluding ortho intramolecular Hbond substituents is 1. The van der Waals surface area contributed by atoms with Gasteiger partial charge in [0.2, 0.25) is 0 Å². The molecule has 0 aromatic heterocycles. The fraction of sp³-hybridized carbons (Fsp3) is 0.667. The van der Waals surface area contributed by atoms with E-state index in [0.29, 0.717) is 38.1 Å². The van der Waals surface area contributed by atoms with Crippen LogP contribution in [0.3, 0.4) is 0 Å². The maximum absolute atomic E-state index is 9.24. The summed E-state index contributed by atoms with van der Waals surface area (Å²) in [7, 11) is 1.67. The predicted octanol–water partition coefficient (Wildman–Crippen LogP) is 3.42. The Morgan fingerprint density at radius 3 is 2.23 bits per heavy atom. The van der Waals surface area contributed by atoms with Crippen molar-refractivity contribution in [2.24, 2.45) is 5.92 Å². The molecule has 0 aliphatic heterocycles. The van der Waals surface area contributed by atoms with E-state index in [0.717, 1.165) is 19.4 Å². The van der Waals surface area contributed by atoms with E-state index in [1.165, 1.54) is 18.4 Å². The first-order chi connectivity index (χ1) is 10.7. The standard InChI is InChI=1S/C18H30O4/c1-16(10-11-21-14-15-22-13-12-20-2)4-3-5-17-6-8-18(19)9-7-17/h6-9,16,19H,3-5,10-15H2,1-2H3. The summed E-state index contributed by atoms with van der Waals surface area (Å²) >= 11 is 0. The predicted molar refractivity (Wildman–Crippen MR) is 88.3 cm³/mol. The summed E-state index contributed by atoms with van der Waals surface area (Å²) in [6.45, 7) is 5.64. The molecule has 1 aromatic rings. The van der Waals surface area contributed by atoms with Gasteiger partial charge in [-0.25, -0.2) is 0 Å². The van der Waals surface area contributed by atoms with Crippen molar-refractivity contribution in [1.82, 2.24) is 0 Å². The molecule has 0 bridgehead atoms. The van der Waals surface area contributed by atoms with Crippen LogP contribution in [0.1, 0.15) is 31.7 Å². The Hall–Kier alpha value is -1.10. The van der Waals surface area contributed by atoms with Crippen molar-refractivity contribution in [3.8, 4) is 5.75 Å². The maximum Gasteiger partial charge on any atom is 0.115 e. The zero-order chi connectivity index (χ0) is 16.0. The van der Waals surface area contributed by atoms with Crippen molar-refractivity contribution in [2.75, 3.05) is 40.1 Å². The monoisotopic (exact) mass is 310 g/mol. The molecule has 0 saturated carbocycles. The molecule has 4 nitrogen and oxygen atoms in total. The lowest BCUT2D eigenvalue weighted by Gasteiger charge is -2.12. The molecule has 0 radical (unpaired) electrons. The van der Waals surface area contributed by atoms with E-state index in [9.17, 15) is 5.11 Å². The summed E-state index contributed by atoms with van der Waals surface area (Å²) < 4.78 is 15.8. The molecule has 4 heteroatoms. The van der Waals surface area contributed by atoms with Crippen LogP contribution in [0.4, 0.5) is 0 Å². The molecular formula is C18H30O4. The minimum atomic E-state index is 0.334. The van der Waals surface area contributed by atoms with E-state index in [4.69, 9.17) is 14.2 Å². The van der Waals surface area contributed by atoms with Crippen LogP contribution >= 0.6 is 0 Å². The Morgan fingerprint density at radius 2 is 1.55 bits per heavy atom. The fourth-order valence-corrected chi connectivity index (χ4v) is 2.21. The van der Waals surface area contributed by atoms with Gasteiger partial charge in [0.05, 0.1) is 26.4 Å². The molecule has 0 aliphatic rings. The lowest BCUT2D eigenvalue weighted by atomic mass is 9.99. The van der Waals surface area contributed by atoms with E-state index in [1.807, 2.05) is 12.1 Å². The van der Waals surface area contributed by atoms with Crippen LogP contribution in [0.25, 0.3) is 0 Å². The van der Waals surface area contributed by atoms with Crippen LogP contribution in [0.15, 0.2) is 24.3 Å². The molecule has 1 aromatic carbocycles. The smallest absolute Gasteiger partial charge is 0.115 e. The molecule has 1 atom stereocenters. The van der Waals surface area contributed by atoms with Crippen LogP contribution < -0.4 is 0 Å². The molecule has 1 N–H and O–H groups in total. The highest BCUT2D eigenvalue weighted by Crippen LogP contribution is 2.15. The Bertz CT molecular complexity index is 364. The molecule has 1 unspecified atom stereocenters. The van der Waals surface area contributed by atoms with Crippen molar-refractivity contribution < 1.29 is 19.3 Å². The minimum Gasteiger partial charge on any atom is -0.508 e. The summed E-state index contributed by atoms with van der Waals surface area (Å²) in [6.07, 6.45) is 4.53. The number of benzene rings is 1. The maximum atomic E-state index is 9.24. The van der Waals surface area contributed by atoms with E-state index in [-0.39, 0.29) is 0 Å². The van der Waals surface area contributed by atoms with E-state index < -0.39 is 0 Å². The third-order valence-corrected chi connectivity index (χ3v) is 3.66. The van der Waals surface area contributed by atoms with Crippen molar-refractivity contribution >= 4 is 0 Å². The summed E-state index contributed by atoms with van der Waals surface area (Å²) in [6, 6.07) is 7.49. The van der Waals surface area contributed by atoms with Gasteiger partial charge in [0.1, 0.15) is 5.75 Å². The molecule has 1 rings (SSSR count). The van der Waals surface area contributed by atoms with Gasteiger partial charge in [-0.3, -0.25) is 0 Å². The topological polar surface area (TPSA) is 47.9 Å². The van der Waals surface area contributed by atoms with Gasteiger partial charge in [-0.2, -0.15) is 0 Å². The molecule has 126 valence electrons. The zero-order valence-corrected chi connectivity index (χ0v) is 13.9. The quantitative estimate of drug-likeness (QED) is 0.567. The Kier molecular flexibility index (Phi) is 10.7. The second-order valence-electron chi connectivity index (χ2n) is 5.67. The number of aromatic hydroxyl groups is 1. The Morgan fingerprint density at radius 1 is 0.909 bits per heavy atom. The first kappa shape index (κ1) is 18.9. The molecule has 0 spiro atoms. The number of methoxy groups -OCH3 is 1. The number of hydrogen-bond acceptors (Lipinski definition) is 4. The third-order valence-electron chi connectivity index (χ3n) is 3.66. The van der Waals surface area contributed by atoms with Crippen molar-refractivity contribution in [1.29, 1.82) is 0 Å². The van der Waals surface area contributed by atoms with E-state index in [1.54, 1.807) is 19.2 Å². The number of aryl methyl sites for hydroxylation is 1. The molecule has 22 heavy (non-hydrogen) atoms. The Labute approximate surface area is 134 Å². The zero-order valence-electron chi connectivity index (χ0n) is 13.9. The average molecular weight is 310 g/mol. The van der Waals surface area contributed by atoms with Gasteiger partial charge in [0, 0.05) is 13.7 Å². The Balaban J connectivity index is 1.93. The second-order valence-corrected chi connectivity index (χ2v) is 5.67. The highest BCUT2D eigenvalue weighted by atomic mass is 16.5. The number of hydrogen-bond donors (Lipinski definition) is 1. The minimum absolute atomic E-state index is 0.334. The summed E-state index contributed by atoms with van der Waals surface area (Å²) in [4.78, 5) is 0. The largest absolute Gasteiger partial charge is 0.508 e. The van der Waals surface area contributed by atoms with Crippen LogP contribution in [0.2, 0.25) is 0 Å². The molecule has 0 saturated heterocycles. The normalized spacial score (nSPS) is 12.5.